The van der Waals surface area contributed by atoms with Gasteiger partial charge in [-0.3, -0.25) is 0 Å². The van der Waals surface area contributed by atoms with Gasteiger partial charge in [0.2, 0.25) is 0 Å². The predicted molar refractivity (Wildman–Crippen MR) is 95.8 cm³/mol. The second-order valence-corrected chi connectivity index (χ2v) is 7.92. The summed E-state index contributed by atoms with van der Waals surface area (Å²) in [7, 11) is 2.03. The molecule has 26 heavy (non-hydrogen) atoms. The molecule has 0 radical (unpaired) electrons. The zero-order valence-corrected chi connectivity index (χ0v) is 16.1. The summed E-state index contributed by atoms with van der Waals surface area (Å²) in [5.74, 6) is -0.0996. The Bertz CT molecular complexity index is 615. The normalized spacial score (nSPS) is 38.3. The van der Waals surface area contributed by atoms with Crippen molar-refractivity contribution < 1.29 is 23.7 Å². The fourth-order valence-corrected chi connectivity index (χ4v) is 4.11. The summed E-state index contributed by atoms with van der Waals surface area (Å²) in [6, 6.07) is 9.96. The molecule has 1 aromatic rings. The van der Waals surface area contributed by atoms with Gasteiger partial charge in [0, 0.05) is 24.5 Å². The van der Waals surface area contributed by atoms with Crippen molar-refractivity contribution in [2.24, 2.45) is 0 Å². The van der Waals surface area contributed by atoms with Crippen molar-refractivity contribution in [3.8, 4) is 0 Å². The molecule has 3 aliphatic rings. The van der Waals surface area contributed by atoms with Crippen LogP contribution in [-0.4, -0.2) is 67.4 Å². The van der Waals surface area contributed by atoms with Crippen molar-refractivity contribution in [3.05, 3.63) is 35.9 Å². The van der Waals surface area contributed by atoms with Gasteiger partial charge in [0.05, 0.1) is 0 Å². The van der Waals surface area contributed by atoms with Gasteiger partial charge >= 0.3 is 0 Å². The summed E-state index contributed by atoms with van der Waals surface area (Å²) in [5, 5.41) is 0. The highest BCUT2D eigenvalue weighted by atomic mass is 35.5. The number of nitrogens with zero attached hydrogens (tertiary/aromatic N) is 1. The molecule has 0 unspecified atom stereocenters. The minimum absolute atomic E-state index is 0.159. The van der Waals surface area contributed by atoms with E-state index in [0.29, 0.717) is 12.4 Å². The number of hydrogen-bond donors (Lipinski definition) is 0. The van der Waals surface area contributed by atoms with Gasteiger partial charge in [0.1, 0.15) is 24.4 Å². The van der Waals surface area contributed by atoms with Crippen LogP contribution in [0.25, 0.3) is 0 Å². The van der Waals surface area contributed by atoms with Crippen LogP contribution in [0.4, 0.5) is 0 Å². The lowest BCUT2D eigenvalue weighted by atomic mass is 10.0. The fraction of sp³-hybridized carbons (Fsp3) is 0.684. The maximum Gasteiger partial charge on any atom is 0.190 e. The van der Waals surface area contributed by atoms with Gasteiger partial charge in [-0.1, -0.05) is 30.3 Å². The first-order chi connectivity index (χ1) is 12.5. The van der Waals surface area contributed by atoms with Crippen LogP contribution in [0.5, 0.6) is 0 Å². The first kappa shape index (κ1) is 18.6. The summed E-state index contributed by atoms with van der Waals surface area (Å²) in [5.41, 5.74) is 0.984. The van der Waals surface area contributed by atoms with Gasteiger partial charge in [0.25, 0.3) is 0 Å². The lowest BCUT2D eigenvalue weighted by Crippen LogP contribution is -2.53. The van der Waals surface area contributed by atoms with Crippen molar-refractivity contribution in [3.63, 3.8) is 0 Å². The number of alkyl halides is 1. The molecule has 0 N–H and O–H groups in total. The highest BCUT2D eigenvalue weighted by Crippen LogP contribution is 2.45. The van der Waals surface area contributed by atoms with Crippen LogP contribution in [-0.2, 0) is 23.7 Å². The second kappa shape index (κ2) is 7.36. The molecule has 144 valence electrons. The van der Waals surface area contributed by atoms with E-state index in [1.54, 1.807) is 0 Å². The third-order valence-electron chi connectivity index (χ3n) is 5.00. The molecule has 6 atom stereocenters. The molecular formula is C19H26ClNO5. The summed E-state index contributed by atoms with van der Waals surface area (Å²) in [6.07, 6.45) is -1.78. The third-order valence-corrected chi connectivity index (χ3v) is 5.17. The molecule has 3 heterocycles. The zero-order chi connectivity index (χ0) is 18.3. The molecule has 0 aliphatic carbocycles. The number of benzene rings is 1. The Balaban J connectivity index is 1.56. The van der Waals surface area contributed by atoms with Crippen LogP contribution >= 0.6 is 11.6 Å². The predicted octanol–water partition coefficient (Wildman–Crippen LogP) is 2.52. The molecule has 0 spiro atoms. The van der Waals surface area contributed by atoms with E-state index in [1.165, 1.54) is 0 Å². The van der Waals surface area contributed by atoms with Crippen molar-refractivity contribution in [1.82, 2.24) is 4.90 Å². The topological polar surface area (TPSA) is 49.4 Å². The van der Waals surface area contributed by atoms with Gasteiger partial charge in [0.15, 0.2) is 18.4 Å². The second-order valence-electron chi connectivity index (χ2n) is 7.54. The smallest absolute Gasteiger partial charge is 0.190 e. The minimum Gasteiger partial charge on any atom is -0.341 e. The fourth-order valence-electron chi connectivity index (χ4n) is 3.83. The van der Waals surface area contributed by atoms with Gasteiger partial charge < -0.3 is 28.6 Å². The van der Waals surface area contributed by atoms with Crippen molar-refractivity contribution >= 4 is 11.6 Å². The summed E-state index contributed by atoms with van der Waals surface area (Å²) in [4.78, 5) is 2.14. The van der Waals surface area contributed by atoms with E-state index >= 15 is 0 Å². The zero-order valence-electron chi connectivity index (χ0n) is 15.3. The molecule has 0 bridgehead atoms. The van der Waals surface area contributed by atoms with Crippen molar-refractivity contribution in [2.45, 2.75) is 56.6 Å². The van der Waals surface area contributed by atoms with E-state index in [-0.39, 0.29) is 24.4 Å². The Labute approximate surface area is 159 Å². The van der Waals surface area contributed by atoms with Crippen LogP contribution in [0.1, 0.15) is 25.7 Å². The molecule has 7 heteroatoms. The molecule has 3 aliphatic heterocycles. The average molecular weight is 384 g/mol. The summed E-state index contributed by atoms with van der Waals surface area (Å²) < 4.78 is 30.7. The van der Waals surface area contributed by atoms with Crippen LogP contribution in [0.15, 0.2) is 30.3 Å². The molecule has 0 amide bonds. The lowest BCUT2D eigenvalue weighted by Gasteiger charge is -2.41. The van der Waals surface area contributed by atoms with Crippen LogP contribution in [0, 0.1) is 0 Å². The quantitative estimate of drug-likeness (QED) is 0.728. The van der Waals surface area contributed by atoms with E-state index in [2.05, 4.69) is 4.90 Å². The molecule has 3 saturated heterocycles. The molecule has 4 rings (SSSR count). The van der Waals surface area contributed by atoms with Crippen molar-refractivity contribution in [2.75, 3.05) is 26.0 Å². The van der Waals surface area contributed by atoms with Gasteiger partial charge in [-0.05, 0) is 20.9 Å². The van der Waals surface area contributed by atoms with Crippen molar-refractivity contribution in [1.29, 1.82) is 0 Å². The molecule has 6 nitrogen and oxygen atoms in total. The Morgan fingerprint density at radius 1 is 1.00 bits per heavy atom. The number of hydrogen-bond acceptors (Lipinski definition) is 6. The Hall–Kier alpha value is -0.730. The van der Waals surface area contributed by atoms with Crippen LogP contribution < -0.4 is 0 Å². The monoisotopic (exact) mass is 383 g/mol. The van der Waals surface area contributed by atoms with E-state index in [0.717, 1.165) is 12.1 Å². The Morgan fingerprint density at radius 2 is 1.77 bits per heavy atom. The first-order valence-electron chi connectivity index (χ1n) is 9.08. The van der Waals surface area contributed by atoms with E-state index < -0.39 is 18.4 Å². The maximum atomic E-state index is 6.28. The van der Waals surface area contributed by atoms with E-state index in [1.807, 2.05) is 51.2 Å². The lowest BCUT2D eigenvalue weighted by molar-refractivity contribution is -0.310. The van der Waals surface area contributed by atoms with Crippen LogP contribution in [0.2, 0.25) is 0 Å². The Kier molecular flexibility index (Phi) is 5.27. The van der Waals surface area contributed by atoms with Gasteiger partial charge in [-0.25, -0.2) is 0 Å². The number of ether oxygens (including phenoxy) is 5. The molecule has 3 fully saturated rings. The molecule has 0 aromatic heterocycles. The first-order valence-corrected chi connectivity index (χ1v) is 9.62. The van der Waals surface area contributed by atoms with Gasteiger partial charge in [-0.15, -0.1) is 11.6 Å². The molecular weight excluding hydrogens is 358 g/mol. The van der Waals surface area contributed by atoms with E-state index in [9.17, 15) is 0 Å². The summed E-state index contributed by atoms with van der Waals surface area (Å²) >= 11 is 5.88. The number of likely N-dealkylation sites (N-methyl/N-ethyl adjacent to an activating group) is 1. The molecule has 1 aromatic carbocycles. The van der Waals surface area contributed by atoms with Gasteiger partial charge in [-0.2, -0.15) is 0 Å². The molecule has 0 saturated carbocycles. The van der Waals surface area contributed by atoms with E-state index in [4.69, 9.17) is 35.3 Å². The highest BCUT2D eigenvalue weighted by Gasteiger charge is 2.60. The number of fused-ring (bicyclic) bond motifs is 3. The third kappa shape index (κ3) is 3.64. The SMILES string of the molecule is CN(CCCl)C[C@@H]1O[C@H](c2ccccc2)O[C@@H]2[C@H]3OC(C)(C)O[C@H]3O[C@@H]21. The standard InChI is InChI=1S/C19H26ClNO5/c1-19(2)25-16-15-14(23-18(16)26-19)13(11-21(3)10-9-20)22-17(24-15)12-7-5-4-6-8-12/h4-8,13-18H,9-11H2,1-3H3/t13-,14+,15-,16+,17-,18+/m0/s1. The minimum atomic E-state index is -0.672. The summed E-state index contributed by atoms with van der Waals surface area (Å²) in [6.45, 7) is 5.26. The maximum absolute atomic E-state index is 6.28. The number of halogens is 1. The highest BCUT2D eigenvalue weighted by molar-refractivity contribution is 6.18. The average Bonchev–Trinajstić information content (AvgIpc) is 3.08. The number of rotatable bonds is 5. The Morgan fingerprint density at radius 3 is 2.50 bits per heavy atom. The van der Waals surface area contributed by atoms with Crippen LogP contribution in [0.3, 0.4) is 0 Å². The largest absolute Gasteiger partial charge is 0.341 e.